The van der Waals surface area contributed by atoms with Gasteiger partial charge in [-0.15, -0.1) is 0 Å². The van der Waals surface area contributed by atoms with Crippen molar-refractivity contribution in [2.45, 2.75) is 33.5 Å². The Morgan fingerprint density at radius 2 is 1.70 bits per heavy atom. The lowest BCUT2D eigenvalue weighted by molar-refractivity contribution is -0.137. The number of anilines is 5. The van der Waals surface area contributed by atoms with Crippen LogP contribution in [0.2, 0.25) is 0 Å². The van der Waals surface area contributed by atoms with Gasteiger partial charge in [0.2, 0.25) is 5.95 Å². The van der Waals surface area contributed by atoms with E-state index in [-0.39, 0.29) is 23.8 Å². The number of aromatic nitrogens is 5. The molecule has 0 fully saturated rings. The van der Waals surface area contributed by atoms with Crippen molar-refractivity contribution in [3.05, 3.63) is 107 Å². The monoisotopic (exact) mass is 627 g/mol. The average molecular weight is 628 g/mol. The van der Waals surface area contributed by atoms with Crippen LogP contribution in [0.1, 0.15) is 38.4 Å². The number of urea groups is 1. The number of pyridine rings is 1. The number of carbonyl (C=O) groups excluding carboxylic acids is 2. The Kier molecular flexibility index (Phi) is 7.64. The first-order chi connectivity index (χ1) is 21.9. The SMILES string of the molecule is Cc1ccc(Nc2ncc3c(n2)N(C)C(=O)N(c2cc(NC(=O)c4cc(-n5cnc(C)c5)cc(C(F)(F)F)c4)ccc2C)C3)cn1. The first-order valence-corrected chi connectivity index (χ1v) is 14.1. The van der Waals surface area contributed by atoms with E-state index in [1.807, 2.05) is 26.0 Å². The van der Waals surface area contributed by atoms with Crippen molar-refractivity contribution in [3.8, 4) is 5.69 Å². The molecular formula is C32H28F3N9O2. The van der Waals surface area contributed by atoms with Gasteiger partial charge < -0.3 is 15.2 Å². The molecule has 2 aromatic carbocycles. The van der Waals surface area contributed by atoms with Crippen molar-refractivity contribution >= 4 is 40.8 Å². The Morgan fingerprint density at radius 1 is 0.913 bits per heavy atom. The molecule has 0 spiro atoms. The van der Waals surface area contributed by atoms with Gasteiger partial charge in [-0.2, -0.15) is 18.2 Å². The molecule has 46 heavy (non-hydrogen) atoms. The quantitative estimate of drug-likeness (QED) is 0.218. The van der Waals surface area contributed by atoms with Gasteiger partial charge in [-0.25, -0.2) is 14.8 Å². The van der Waals surface area contributed by atoms with E-state index >= 15 is 0 Å². The van der Waals surface area contributed by atoms with Crippen LogP contribution in [0.3, 0.4) is 0 Å². The molecule has 11 nitrogen and oxygen atoms in total. The van der Waals surface area contributed by atoms with Gasteiger partial charge in [0.25, 0.3) is 5.91 Å². The second-order valence-electron chi connectivity index (χ2n) is 10.9. The van der Waals surface area contributed by atoms with E-state index in [1.54, 1.807) is 50.8 Å². The zero-order chi connectivity index (χ0) is 32.7. The third-order valence-electron chi connectivity index (χ3n) is 7.45. The molecule has 0 unspecified atom stereocenters. The number of rotatable bonds is 6. The number of fused-ring (bicyclic) bond motifs is 1. The highest BCUT2D eigenvalue weighted by Crippen LogP contribution is 2.35. The van der Waals surface area contributed by atoms with E-state index in [9.17, 15) is 22.8 Å². The highest BCUT2D eigenvalue weighted by atomic mass is 19.4. The zero-order valence-corrected chi connectivity index (χ0v) is 25.2. The third-order valence-corrected chi connectivity index (χ3v) is 7.45. The molecule has 0 saturated carbocycles. The van der Waals surface area contributed by atoms with Gasteiger partial charge in [0.1, 0.15) is 5.82 Å². The number of aryl methyl sites for hydroxylation is 3. The largest absolute Gasteiger partial charge is 0.416 e. The van der Waals surface area contributed by atoms with Crippen LogP contribution < -0.4 is 20.4 Å². The maximum Gasteiger partial charge on any atom is 0.416 e. The minimum atomic E-state index is -4.67. The van der Waals surface area contributed by atoms with Crippen LogP contribution in [-0.4, -0.2) is 43.5 Å². The number of hydrogen-bond acceptors (Lipinski definition) is 7. The topological polar surface area (TPSA) is 121 Å². The molecule has 4 heterocycles. The van der Waals surface area contributed by atoms with Crippen LogP contribution >= 0.6 is 0 Å². The number of nitrogens with one attached hydrogen (secondary N) is 2. The lowest BCUT2D eigenvalue weighted by Crippen LogP contribution is -2.46. The molecule has 1 aliphatic heterocycles. The Hall–Kier alpha value is -5.79. The molecule has 234 valence electrons. The minimum Gasteiger partial charge on any atom is -0.323 e. The molecule has 5 aromatic rings. The van der Waals surface area contributed by atoms with Crippen LogP contribution in [0.25, 0.3) is 5.69 Å². The Bertz CT molecular complexity index is 1970. The van der Waals surface area contributed by atoms with E-state index in [0.29, 0.717) is 40.1 Å². The zero-order valence-electron chi connectivity index (χ0n) is 25.2. The van der Waals surface area contributed by atoms with Crippen LogP contribution in [0.15, 0.2) is 73.4 Å². The van der Waals surface area contributed by atoms with Crippen molar-refractivity contribution in [3.63, 3.8) is 0 Å². The maximum absolute atomic E-state index is 13.8. The smallest absolute Gasteiger partial charge is 0.323 e. The lowest BCUT2D eigenvalue weighted by Gasteiger charge is -2.35. The summed E-state index contributed by atoms with van der Waals surface area (Å²) in [5.74, 6) is -0.00249. The summed E-state index contributed by atoms with van der Waals surface area (Å²) in [6.45, 7) is 5.56. The number of alkyl halides is 3. The molecule has 14 heteroatoms. The summed E-state index contributed by atoms with van der Waals surface area (Å²) in [6, 6.07) is 11.4. The molecular weight excluding hydrogens is 599 g/mol. The molecule has 0 saturated heterocycles. The van der Waals surface area contributed by atoms with Crippen LogP contribution in [0.5, 0.6) is 0 Å². The van der Waals surface area contributed by atoms with Gasteiger partial charge in [-0.3, -0.25) is 19.6 Å². The molecule has 6 rings (SSSR count). The van der Waals surface area contributed by atoms with Crippen LogP contribution in [0, 0.1) is 20.8 Å². The Balaban J connectivity index is 1.26. The predicted octanol–water partition coefficient (Wildman–Crippen LogP) is 6.57. The van der Waals surface area contributed by atoms with Crippen molar-refractivity contribution in [2.24, 2.45) is 0 Å². The summed E-state index contributed by atoms with van der Waals surface area (Å²) in [4.78, 5) is 47.1. The summed E-state index contributed by atoms with van der Waals surface area (Å²) < 4.78 is 42.7. The number of benzene rings is 2. The summed E-state index contributed by atoms with van der Waals surface area (Å²) in [6.07, 6.45) is 1.57. The molecule has 0 radical (unpaired) electrons. The first kappa shape index (κ1) is 30.2. The number of carbonyl (C=O) groups is 2. The van der Waals surface area contributed by atoms with Crippen molar-refractivity contribution in [1.82, 2.24) is 24.5 Å². The molecule has 2 N–H and O–H groups in total. The number of imidazole rings is 1. The van der Waals surface area contributed by atoms with Crippen molar-refractivity contribution < 1.29 is 22.8 Å². The molecule has 1 aliphatic rings. The average Bonchev–Trinajstić information content (AvgIpc) is 3.47. The van der Waals surface area contributed by atoms with Crippen LogP contribution in [0.4, 0.5) is 46.8 Å². The third kappa shape index (κ3) is 6.09. The van der Waals surface area contributed by atoms with E-state index in [2.05, 4.69) is 30.6 Å². The first-order valence-electron chi connectivity index (χ1n) is 14.1. The number of amides is 3. The second-order valence-corrected chi connectivity index (χ2v) is 10.9. The number of nitrogens with zero attached hydrogens (tertiary/aromatic N) is 7. The second kappa shape index (κ2) is 11.6. The molecule has 0 aliphatic carbocycles. The highest BCUT2D eigenvalue weighted by molar-refractivity contribution is 6.07. The van der Waals surface area contributed by atoms with Gasteiger partial charge >= 0.3 is 12.2 Å². The number of hydrogen-bond donors (Lipinski definition) is 2. The summed E-state index contributed by atoms with van der Waals surface area (Å²) >= 11 is 0. The standard InChI is InChI=1S/C32H28F3N9O2/c1-18-5-7-24(39-29(45)21-9-23(32(33,34)35)11-26(10-21)43-15-20(3)38-17-43)12-27(18)44-16-22-13-37-30(41-28(22)42(4)31(44)46)40-25-8-6-19(2)36-14-25/h5-15,17H,16H2,1-4H3,(H,39,45)(H,37,40,41). The summed E-state index contributed by atoms with van der Waals surface area (Å²) in [7, 11) is 1.60. The number of halogens is 3. The summed E-state index contributed by atoms with van der Waals surface area (Å²) in [5.41, 5.74) is 3.39. The molecule has 3 aromatic heterocycles. The van der Waals surface area contributed by atoms with Crippen LogP contribution in [-0.2, 0) is 12.7 Å². The Labute approximate surface area is 261 Å². The van der Waals surface area contributed by atoms with Crippen molar-refractivity contribution in [2.75, 3.05) is 27.5 Å². The molecule has 0 atom stereocenters. The van der Waals surface area contributed by atoms with E-state index in [1.165, 1.54) is 26.8 Å². The fourth-order valence-corrected chi connectivity index (χ4v) is 5.03. The highest BCUT2D eigenvalue weighted by Gasteiger charge is 2.33. The van der Waals surface area contributed by atoms with Gasteiger partial charge in [0, 0.05) is 47.6 Å². The normalized spacial score (nSPS) is 13.1. The van der Waals surface area contributed by atoms with Gasteiger partial charge in [0.05, 0.1) is 41.7 Å². The lowest BCUT2D eigenvalue weighted by atomic mass is 10.1. The minimum absolute atomic E-state index is 0.141. The van der Waals surface area contributed by atoms with Gasteiger partial charge in [-0.05, 0) is 68.8 Å². The van der Waals surface area contributed by atoms with Gasteiger partial charge in [0.15, 0.2) is 0 Å². The maximum atomic E-state index is 13.8. The fraction of sp³-hybridized carbons (Fsp3) is 0.188. The van der Waals surface area contributed by atoms with Crippen molar-refractivity contribution in [1.29, 1.82) is 0 Å². The fourth-order valence-electron chi connectivity index (χ4n) is 5.03. The van der Waals surface area contributed by atoms with E-state index < -0.39 is 17.6 Å². The molecule has 0 bridgehead atoms. The summed E-state index contributed by atoms with van der Waals surface area (Å²) in [5, 5.41) is 5.78. The predicted molar refractivity (Wildman–Crippen MR) is 167 cm³/mol. The van der Waals surface area contributed by atoms with E-state index in [4.69, 9.17) is 0 Å². The van der Waals surface area contributed by atoms with E-state index in [0.717, 1.165) is 23.4 Å². The van der Waals surface area contributed by atoms with Gasteiger partial charge in [-0.1, -0.05) is 6.07 Å². The molecule has 3 amide bonds. The Morgan fingerprint density at radius 3 is 2.39 bits per heavy atom.